The van der Waals surface area contributed by atoms with Gasteiger partial charge in [-0.3, -0.25) is 19.4 Å². The molecule has 8 nitrogen and oxygen atoms in total. The van der Waals surface area contributed by atoms with Gasteiger partial charge in [-0.05, 0) is 38.7 Å². The SMILES string of the molecule is CCNC(=NCCc1cnn(C)c1)N1CCN(C(C)C(=O)N2CCCC2)CC1. The number of rotatable bonds is 6. The van der Waals surface area contributed by atoms with Crippen molar-refractivity contribution in [3.05, 3.63) is 18.0 Å². The average molecular weight is 390 g/mol. The summed E-state index contributed by atoms with van der Waals surface area (Å²) in [4.78, 5) is 24.1. The van der Waals surface area contributed by atoms with E-state index in [1.54, 1.807) is 0 Å². The van der Waals surface area contributed by atoms with Crippen molar-refractivity contribution in [3.8, 4) is 0 Å². The number of amides is 1. The molecule has 0 radical (unpaired) electrons. The van der Waals surface area contributed by atoms with E-state index >= 15 is 0 Å². The van der Waals surface area contributed by atoms with Crippen LogP contribution in [-0.2, 0) is 18.3 Å². The molecule has 3 rings (SSSR count). The standard InChI is InChI=1S/C20H35N7O/c1-4-21-20(22-8-7-18-15-23-24(3)16-18)27-13-11-25(12-14-27)17(2)19(28)26-9-5-6-10-26/h15-17H,4-14H2,1-3H3,(H,21,22). The van der Waals surface area contributed by atoms with Gasteiger partial charge in [0, 0.05) is 65.6 Å². The Morgan fingerprint density at radius 1 is 1.18 bits per heavy atom. The predicted molar refractivity (Wildman–Crippen MR) is 111 cm³/mol. The number of carbonyl (C=O) groups excluding carboxylic acids is 1. The lowest BCUT2D eigenvalue weighted by Gasteiger charge is -2.39. The first-order valence-electron chi connectivity index (χ1n) is 10.6. The van der Waals surface area contributed by atoms with Gasteiger partial charge in [-0.15, -0.1) is 0 Å². The minimum Gasteiger partial charge on any atom is -0.357 e. The molecule has 28 heavy (non-hydrogen) atoms. The Bertz CT molecular complexity index is 657. The average Bonchev–Trinajstić information content (AvgIpc) is 3.38. The van der Waals surface area contributed by atoms with Crippen LogP contribution in [0.3, 0.4) is 0 Å². The first-order chi connectivity index (χ1) is 13.6. The van der Waals surface area contributed by atoms with Gasteiger partial charge in [0.2, 0.25) is 5.91 Å². The van der Waals surface area contributed by atoms with Crippen LogP contribution in [0.4, 0.5) is 0 Å². The monoisotopic (exact) mass is 389 g/mol. The summed E-state index contributed by atoms with van der Waals surface area (Å²) in [5.41, 5.74) is 1.21. The highest BCUT2D eigenvalue weighted by Crippen LogP contribution is 2.14. The molecule has 1 aromatic rings. The van der Waals surface area contributed by atoms with Crippen LogP contribution in [0.25, 0.3) is 0 Å². The van der Waals surface area contributed by atoms with Gasteiger partial charge in [-0.25, -0.2) is 0 Å². The minimum absolute atomic E-state index is 0.0228. The number of aromatic nitrogens is 2. The van der Waals surface area contributed by atoms with Crippen LogP contribution in [0, 0.1) is 0 Å². The molecule has 1 N–H and O–H groups in total. The molecular formula is C20H35N7O. The van der Waals surface area contributed by atoms with E-state index in [1.165, 1.54) is 5.56 Å². The molecule has 156 valence electrons. The highest BCUT2D eigenvalue weighted by molar-refractivity contribution is 5.82. The highest BCUT2D eigenvalue weighted by atomic mass is 16.2. The van der Waals surface area contributed by atoms with Crippen molar-refractivity contribution in [1.29, 1.82) is 0 Å². The van der Waals surface area contributed by atoms with Gasteiger partial charge in [0.25, 0.3) is 0 Å². The number of nitrogens with zero attached hydrogens (tertiary/aromatic N) is 6. The second-order valence-corrected chi connectivity index (χ2v) is 7.74. The molecule has 0 bridgehead atoms. The topological polar surface area (TPSA) is 69.0 Å². The molecule has 1 atom stereocenters. The van der Waals surface area contributed by atoms with E-state index in [9.17, 15) is 4.79 Å². The van der Waals surface area contributed by atoms with E-state index in [2.05, 4.69) is 34.1 Å². The number of hydrogen-bond donors (Lipinski definition) is 1. The third kappa shape index (κ3) is 5.25. The zero-order valence-corrected chi connectivity index (χ0v) is 17.6. The van der Waals surface area contributed by atoms with E-state index in [4.69, 9.17) is 4.99 Å². The van der Waals surface area contributed by atoms with Gasteiger partial charge < -0.3 is 15.1 Å². The Balaban J connectivity index is 1.50. The largest absolute Gasteiger partial charge is 0.357 e. The summed E-state index contributed by atoms with van der Waals surface area (Å²) in [5.74, 6) is 1.27. The van der Waals surface area contributed by atoms with Crippen LogP contribution in [0.2, 0.25) is 0 Å². The molecule has 8 heteroatoms. The molecule has 0 spiro atoms. The van der Waals surface area contributed by atoms with Crippen molar-refractivity contribution < 1.29 is 4.79 Å². The van der Waals surface area contributed by atoms with Crippen molar-refractivity contribution >= 4 is 11.9 Å². The number of hydrogen-bond acceptors (Lipinski definition) is 4. The van der Waals surface area contributed by atoms with E-state index < -0.39 is 0 Å². The van der Waals surface area contributed by atoms with E-state index in [1.807, 2.05) is 29.0 Å². The van der Waals surface area contributed by atoms with Crippen LogP contribution in [0.1, 0.15) is 32.3 Å². The smallest absolute Gasteiger partial charge is 0.239 e. The number of guanidine groups is 1. The van der Waals surface area contributed by atoms with Gasteiger partial charge in [-0.2, -0.15) is 5.10 Å². The fraction of sp³-hybridized carbons (Fsp3) is 0.750. The first kappa shape index (κ1) is 20.6. The summed E-state index contributed by atoms with van der Waals surface area (Å²) in [6, 6.07) is -0.0228. The molecule has 1 unspecified atom stereocenters. The lowest BCUT2D eigenvalue weighted by Crippen LogP contribution is -2.57. The third-order valence-corrected chi connectivity index (χ3v) is 5.69. The maximum atomic E-state index is 12.7. The molecule has 2 aliphatic heterocycles. The van der Waals surface area contributed by atoms with Gasteiger partial charge in [-0.1, -0.05) is 0 Å². The lowest BCUT2D eigenvalue weighted by molar-refractivity contribution is -0.135. The van der Waals surface area contributed by atoms with Crippen LogP contribution in [-0.4, -0.2) is 94.7 Å². The summed E-state index contributed by atoms with van der Waals surface area (Å²) in [5, 5.41) is 7.63. The molecule has 2 fully saturated rings. The maximum absolute atomic E-state index is 12.7. The number of carbonyl (C=O) groups is 1. The van der Waals surface area contributed by atoms with E-state index in [0.29, 0.717) is 5.91 Å². The second kappa shape index (κ2) is 9.91. The Kier molecular flexibility index (Phi) is 7.30. The molecule has 1 aromatic heterocycles. The fourth-order valence-electron chi connectivity index (χ4n) is 4.00. The quantitative estimate of drug-likeness (QED) is 0.569. The summed E-state index contributed by atoms with van der Waals surface area (Å²) < 4.78 is 1.83. The summed E-state index contributed by atoms with van der Waals surface area (Å²) in [6.07, 6.45) is 7.13. The maximum Gasteiger partial charge on any atom is 0.239 e. The highest BCUT2D eigenvalue weighted by Gasteiger charge is 2.30. The van der Waals surface area contributed by atoms with E-state index in [0.717, 1.165) is 77.6 Å². The predicted octanol–water partition coefficient (Wildman–Crippen LogP) is 0.557. The Morgan fingerprint density at radius 2 is 1.89 bits per heavy atom. The molecule has 2 saturated heterocycles. The van der Waals surface area contributed by atoms with E-state index in [-0.39, 0.29) is 6.04 Å². The second-order valence-electron chi connectivity index (χ2n) is 7.74. The molecule has 1 amide bonds. The van der Waals surface area contributed by atoms with Crippen molar-refractivity contribution in [1.82, 2.24) is 29.8 Å². The Labute approximate surface area is 168 Å². The van der Waals surface area contributed by atoms with Crippen LogP contribution in [0.15, 0.2) is 17.4 Å². The van der Waals surface area contributed by atoms with Crippen molar-refractivity contribution in [3.63, 3.8) is 0 Å². The minimum atomic E-state index is -0.0228. The number of likely N-dealkylation sites (tertiary alicyclic amines) is 1. The molecule has 0 saturated carbocycles. The number of nitrogens with one attached hydrogen (secondary N) is 1. The molecule has 2 aliphatic rings. The van der Waals surface area contributed by atoms with Crippen LogP contribution >= 0.6 is 0 Å². The summed E-state index contributed by atoms with van der Waals surface area (Å²) in [7, 11) is 1.94. The number of aryl methyl sites for hydroxylation is 1. The lowest BCUT2D eigenvalue weighted by atomic mass is 10.2. The summed E-state index contributed by atoms with van der Waals surface area (Å²) >= 11 is 0. The first-order valence-corrected chi connectivity index (χ1v) is 10.6. The Morgan fingerprint density at radius 3 is 2.50 bits per heavy atom. The van der Waals surface area contributed by atoms with Crippen molar-refractivity contribution in [2.45, 2.75) is 39.2 Å². The molecule has 0 aromatic carbocycles. The zero-order valence-electron chi connectivity index (χ0n) is 17.6. The van der Waals surface area contributed by atoms with Crippen molar-refractivity contribution in [2.24, 2.45) is 12.0 Å². The number of piperazine rings is 1. The van der Waals surface area contributed by atoms with Gasteiger partial charge in [0.05, 0.1) is 12.2 Å². The third-order valence-electron chi connectivity index (χ3n) is 5.69. The molecule has 0 aliphatic carbocycles. The number of aliphatic imine (C=N–C) groups is 1. The van der Waals surface area contributed by atoms with Gasteiger partial charge in [0.1, 0.15) is 0 Å². The van der Waals surface area contributed by atoms with Crippen LogP contribution < -0.4 is 5.32 Å². The van der Waals surface area contributed by atoms with Gasteiger partial charge in [0.15, 0.2) is 5.96 Å². The Hall–Kier alpha value is -2.09. The van der Waals surface area contributed by atoms with Crippen molar-refractivity contribution in [2.75, 3.05) is 52.4 Å². The van der Waals surface area contributed by atoms with Crippen LogP contribution in [0.5, 0.6) is 0 Å². The summed E-state index contributed by atoms with van der Waals surface area (Å²) in [6.45, 7) is 11.2. The molecular weight excluding hydrogens is 354 g/mol. The van der Waals surface area contributed by atoms with Gasteiger partial charge >= 0.3 is 0 Å². The molecule has 3 heterocycles. The zero-order chi connectivity index (χ0) is 19.9. The fourth-order valence-corrected chi connectivity index (χ4v) is 4.00. The normalized spacial score (nSPS) is 19.9.